The molecule has 15 heavy (non-hydrogen) atoms. The number of fused-ring (bicyclic) bond motifs is 1. The molecule has 2 aromatic rings. The van der Waals surface area contributed by atoms with E-state index in [-0.39, 0.29) is 0 Å². The summed E-state index contributed by atoms with van der Waals surface area (Å²) in [6.07, 6.45) is 3.81. The van der Waals surface area contributed by atoms with Crippen LogP contribution in [0.4, 0.5) is 0 Å². The molecule has 3 N–H and O–H groups in total. The van der Waals surface area contributed by atoms with E-state index in [1.54, 1.807) is 16.9 Å². The highest BCUT2D eigenvalue weighted by Gasteiger charge is 2.12. The molecule has 0 spiro atoms. The van der Waals surface area contributed by atoms with Crippen molar-refractivity contribution in [3.05, 3.63) is 36.2 Å². The zero-order valence-corrected chi connectivity index (χ0v) is 8.00. The van der Waals surface area contributed by atoms with E-state index in [4.69, 9.17) is 10.8 Å². The molecule has 0 aliphatic rings. The maximum atomic E-state index is 10.6. The van der Waals surface area contributed by atoms with Gasteiger partial charge in [0.2, 0.25) is 0 Å². The third kappa shape index (κ3) is 1.97. The van der Waals surface area contributed by atoms with Gasteiger partial charge in [0.25, 0.3) is 0 Å². The number of carboxylic acid groups (broad SMARTS) is 1. The molecule has 0 amide bonds. The molecule has 0 bridgehead atoms. The second kappa shape index (κ2) is 3.70. The van der Waals surface area contributed by atoms with Gasteiger partial charge < -0.3 is 10.8 Å². The molecule has 5 heteroatoms. The third-order valence-corrected chi connectivity index (χ3v) is 2.24. The maximum absolute atomic E-state index is 10.6. The molecule has 0 aliphatic heterocycles. The summed E-state index contributed by atoms with van der Waals surface area (Å²) >= 11 is 0. The van der Waals surface area contributed by atoms with Gasteiger partial charge in [-0.3, -0.25) is 4.79 Å². The zero-order valence-electron chi connectivity index (χ0n) is 8.00. The molecule has 1 atom stereocenters. The molecular weight excluding hydrogens is 194 g/mol. The second-order valence-corrected chi connectivity index (χ2v) is 3.38. The molecule has 0 aromatic carbocycles. The molecule has 0 fully saturated rings. The van der Waals surface area contributed by atoms with Crippen LogP contribution in [0.1, 0.15) is 5.56 Å². The number of nitrogens with zero attached hydrogens (tertiary/aromatic N) is 2. The summed E-state index contributed by atoms with van der Waals surface area (Å²) in [7, 11) is 0. The van der Waals surface area contributed by atoms with Crippen molar-refractivity contribution < 1.29 is 9.90 Å². The molecule has 2 rings (SSSR count). The van der Waals surface area contributed by atoms with Gasteiger partial charge in [-0.1, -0.05) is 0 Å². The topological polar surface area (TPSA) is 80.6 Å². The number of hydrogen-bond acceptors (Lipinski definition) is 3. The van der Waals surface area contributed by atoms with E-state index < -0.39 is 12.0 Å². The van der Waals surface area contributed by atoms with Crippen molar-refractivity contribution in [2.24, 2.45) is 5.73 Å². The number of hydrogen-bond donors (Lipinski definition) is 2. The van der Waals surface area contributed by atoms with Crippen LogP contribution in [0.25, 0.3) is 5.52 Å². The first-order valence-corrected chi connectivity index (χ1v) is 4.57. The number of nitrogens with two attached hydrogens (primary N) is 1. The van der Waals surface area contributed by atoms with Crippen molar-refractivity contribution in [3.8, 4) is 0 Å². The van der Waals surface area contributed by atoms with Gasteiger partial charge in [0, 0.05) is 12.4 Å². The lowest BCUT2D eigenvalue weighted by Gasteiger charge is -2.06. The van der Waals surface area contributed by atoms with Crippen LogP contribution in [0, 0.1) is 0 Å². The lowest BCUT2D eigenvalue weighted by molar-refractivity contribution is -0.138. The minimum Gasteiger partial charge on any atom is -0.480 e. The summed E-state index contributed by atoms with van der Waals surface area (Å²) in [6.45, 7) is 0. The largest absolute Gasteiger partial charge is 0.480 e. The predicted octanol–water partition coefficient (Wildman–Crippen LogP) is 0.289. The standard InChI is InChI=1S/C10H11N3O2/c11-9(10(14)15)6-7-2-4-13-8(5-7)1-3-12-13/h1-5,9H,6,11H2,(H,14,15). The molecule has 78 valence electrons. The van der Waals surface area contributed by atoms with Gasteiger partial charge in [0.05, 0.1) is 5.52 Å². The minimum atomic E-state index is -0.983. The number of carboxylic acids is 1. The van der Waals surface area contributed by atoms with E-state index in [0.29, 0.717) is 6.42 Å². The van der Waals surface area contributed by atoms with Gasteiger partial charge in [0.1, 0.15) is 6.04 Å². The Labute approximate surface area is 86.1 Å². The summed E-state index contributed by atoms with van der Waals surface area (Å²) in [5.74, 6) is -0.983. The van der Waals surface area contributed by atoms with Gasteiger partial charge in [-0.2, -0.15) is 5.10 Å². The van der Waals surface area contributed by atoms with Gasteiger partial charge in [-0.15, -0.1) is 0 Å². The monoisotopic (exact) mass is 205 g/mol. The van der Waals surface area contributed by atoms with Crippen LogP contribution in [-0.2, 0) is 11.2 Å². The first-order valence-electron chi connectivity index (χ1n) is 4.57. The normalized spacial score (nSPS) is 12.9. The van der Waals surface area contributed by atoms with E-state index >= 15 is 0 Å². The molecule has 0 saturated carbocycles. The number of aromatic nitrogens is 2. The Morgan fingerprint density at radius 1 is 1.60 bits per heavy atom. The maximum Gasteiger partial charge on any atom is 0.320 e. The number of rotatable bonds is 3. The highest BCUT2D eigenvalue weighted by atomic mass is 16.4. The molecule has 2 heterocycles. The molecule has 2 aromatic heterocycles. The lowest BCUT2D eigenvalue weighted by atomic mass is 10.1. The fraction of sp³-hybridized carbons (Fsp3) is 0.200. The van der Waals surface area contributed by atoms with Gasteiger partial charge in [0.15, 0.2) is 0 Å². The number of aliphatic carboxylic acids is 1. The van der Waals surface area contributed by atoms with Crippen LogP contribution in [0.15, 0.2) is 30.6 Å². The summed E-state index contributed by atoms with van der Waals surface area (Å²) in [5, 5.41) is 12.7. The van der Waals surface area contributed by atoms with E-state index in [1.807, 2.05) is 18.2 Å². The molecule has 5 nitrogen and oxygen atoms in total. The number of pyridine rings is 1. The summed E-state index contributed by atoms with van der Waals surface area (Å²) in [4.78, 5) is 10.6. The zero-order chi connectivity index (χ0) is 10.8. The second-order valence-electron chi connectivity index (χ2n) is 3.38. The molecule has 0 aliphatic carbocycles. The number of carbonyl (C=O) groups is 1. The molecular formula is C10H11N3O2. The minimum absolute atomic E-state index is 0.330. The highest BCUT2D eigenvalue weighted by molar-refractivity contribution is 5.73. The molecule has 0 saturated heterocycles. The van der Waals surface area contributed by atoms with Crippen LogP contribution in [0.5, 0.6) is 0 Å². The average molecular weight is 205 g/mol. The Hall–Kier alpha value is -1.88. The third-order valence-electron chi connectivity index (χ3n) is 2.24. The Morgan fingerprint density at radius 2 is 2.40 bits per heavy atom. The van der Waals surface area contributed by atoms with Crippen LogP contribution in [0.3, 0.4) is 0 Å². The predicted molar refractivity (Wildman–Crippen MR) is 54.5 cm³/mol. The SMILES string of the molecule is NC(Cc1ccn2nccc2c1)C(=O)O. The highest BCUT2D eigenvalue weighted by Crippen LogP contribution is 2.08. The average Bonchev–Trinajstić information content (AvgIpc) is 2.64. The Bertz CT molecular complexity index is 492. The van der Waals surface area contributed by atoms with Crippen molar-refractivity contribution in [1.29, 1.82) is 0 Å². The van der Waals surface area contributed by atoms with Crippen molar-refractivity contribution in [3.63, 3.8) is 0 Å². The Kier molecular flexibility index (Phi) is 2.39. The Morgan fingerprint density at radius 3 is 3.13 bits per heavy atom. The van der Waals surface area contributed by atoms with Crippen molar-refractivity contribution in [2.45, 2.75) is 12.5 Å². The van der Waals surface area contributed by atoms with Crippen molar-refractivity contribution >= 4 is 11.5 Å². The molecule has 0 radical (unpaired) electrons. The lowest BCUT2D eigenvalue weighted by Crippen LogP contribution is -2.32. The van der Waals surface area contributed by atoms with Crippen LogP contribution in [0.2, 0.25) is 0 Å². The van der Waals surface area contributed by atoms with Gasteiger partial charge >= 0.3 is 5.97 Å². The fourth-order valence-electron chi connectivity index (χ4n) is 1.44. The van der Waals surface area contributed by atoms with Crippen LogP contribution in [-0.4, -0.2) is 26.7 Å². The Balaban J connectivity index is 2.24. The molecule has 1 unspecified atom stereocenters. The summed E-state index contributed by atoms with van der Waals surface area (Å²) in [5.41, 5.74) is 7.28. The van der Waals surface area contributed by atoms with E-state index in [9.17, 15) is 4.79 Å². The van der Waals surface area contributed by atoms with Crippen molar-refractivity contribution in [2.75, 3.05) is 0 Å². The fourth-order valence-corrected chi connectivity index (χ4v) is 1.44. The van der Waals surface area contributed by atoms with Crippen LogP contribution >= 0.6 is 0 Å². The van der Waals surface area contributed by atoms with Crippen molar-refractivity contribution in [1.82, 2.24) is 9.61 Å². The van der Waals surface area contributed by atoms with Gasteiger partial charge in [-0.25, -0.2) is 4.52 Å². The smallest absolute Gasteiger partial charge is 0.320 e. The van der Waals surface area contributed by atoms with E-state index in [2.05, 4.69) is 5.10 Å². The van der Waals surface area contributed by atoms with Gasteiger partial charge in [-0.05, 0) is 30.2 Å². The first kappa shape index (κ1) is 9.67. The van der Waals surface area contributed by atoms with Crippen LogP contribution < -0.4 is 5.73 Å². The summed E-state index contributed by atoms with van der Waals surface area (Å²) in [6, 6.07) is 4.71. The first-order chi connectivity index (χ1) is 7.16. The van der Waals surface area contributed by atoms with E-state index in [1.165, 1.54) is 0 Å². The quantitative estimate of drug-likeness (QED) is 0.754. The van der Waals surface area contributed by atoms with E-state index in [0.717, 1.165) is 11.1 Å². The summed E-state index contributed by atoms with van der Waals surface area (Å²) < 4.78 is 1.72.